The van der Waals surface area contributed by atoms with Crippen molar-refractivity contribution in [3.63, 3.8) is 0 Å². The number of rotatable bonds is 4. The first-order valence-electron chi connectivity index (χ1n) is 9.04. The van der Waals surface area contributed by atoms with Gasteiger partial charge in [-0.25, -0.2) is 0 Å². The van der Waals surface area contributed by atoms with E-state index in [1.807, 2.05) is 11.3 Å². The SMILES string of the molecule is c1csc(CN2CCOC[C@@]3(CC[C@@H](CN4CCCC4)O3)C2)c1. The summed E-state index contributed by atoms with van der Waals surface area (Å²) in [7, 11) is 0. The first-order valence-corrected chi connectivity index (χ1v) is 9.92. The third kappa shape index (κ3) is 3.97. The minimum Gasteiger partial charge on any atom is -0.377 e. The van der Waals surface area contributed by atoms with Gasteiger partial charge in [-0.3, -0.25) is 4.90 Å². The van der Waals surface area contributed by atoms with Gasteiger partial charge in [0, 0.05) is 31.1 Å². The van der Waals surface area contributed by atoms with Crippen molar-refractivity contribution in [1.82, 2.24) is 9.80 Å². The Morgan fingerprint density at radius 2 is 2.13 bits per heavy atom. The maximum Gasteiger partial charge on any atom is 0.105 e. The Bertz CT molecular complexity index is 489. The lowest BCUT2D eigenvalue weighted by Gasteiger charge is -2.32. The van der Waals surface area contributed by atoms with E-state index in [2.05, 4.69) is 27.3 Å². The summed E-state index contributed by atoms with van der Waals surface area (Å²) in [5.41, 5.74) is -0.0713. The zero-order chi connectivity index (χ0) is 15.5. The van der Waals surface area contributed by atoms with E-state index in [-0.39, 0.29) is 5.60 Å². The molecule has 128 valence electrons. The minimum atomic E-state index is -0.0713. The molecule has 4 nitrogen and oxygen atoms in total. The van der Waals surface area contributed by atoms with E-state index in [1.54, 1.807) is 0 Å². The van der Waals surface area contributed by atoms with Crippen LogP contribution in [0.15, 0.2) is 17.5 Å². The van der Waals surface area contributed by atoms with Gasteiger partial charge in [0.15, 0.2) is 0 Å². The van der Waals surface area contributed by atoms with Crippen molar-refractivity contribution < 1.29 is 9.47 Å². The van der Waals surface area contributed by atoms with Crippen LogP contribution in [0, 0.1) is 0 Å². The zero-order valence-corrected chi connectivity index (χ0v) is 14.7. The second-order valence-electron chi connectivity index (χ2n) is 7.31. The third-order valence-corrected chi connectivity index (χ3v) is 6.25. The number of nitrogens with zero attached hydrogens (tertiary/aromatic N) is 2. The number of hydrogen-bond acceptors (Lipinski definition) is 5. The van der Waals surface area contributed by atoms with Gasteiger partial charge in [-0.05, 0) is 50.2 Å². The van der Waals surface area contributed by atoms with E-state index in [4.69, 9.17) is 9.47 Å². The van der Waals surface area contributed by atoms with Crippen LogP contribution in [0.1, 0.15) is 30.6 Å². The average molecular weight is 337 g/mol. The van der Waals surface area contributed by atoms with Crippen molar-refractivity contribution in [2.24, 2.45) is 0 Å². The lowest BCUT2D eigenvalue weighted by molar-refractivity contribution is -0.0913. The van der Waals surface area contributed by atoms with Gasteiger partial charge in [-0.1, -0.05) is 6.07 Å². The number of thiophene rings is 1. The molecule has 0 aliphatic carbocycles. The summed E-state index contributed by atoms with van der Waals surface area (Å²) in [6, 6.07) is 4.37. The first-order chi connectivity index (χ1) is 11.3. The van der Waals surface area contributed by atoms with Crippen molar-refractivity contribution in [2.45, 2.75) is 43.9 Å². The molecule has 3 aliphatic rings. The molecule has 1 spiro atoms. The molecule has 2 atom stereocenters. The summed E-state index contributed by atoms with van der Waals surface area (Å²) in [4.78, 5) is 6.54. The Morgan fingerprint density at radius 3 is 2.96 bits per heavy atom. The quantitative estimate of drug-likeness (QED) is 0.844. The monoisotopic (exact) mass is 336 g/mol. The highest BCUT2D eigenvalue weighted by Crippen LogP contribution is 2.34. The molecule has 0 saturated carbocycles. The summed E-state index contributed by atoms with van der Waals surface area (Å²) < 4.78 is 12.5. The summed E-state index contributed by atoms with van der Waals surface area (Å²) in [6.07, 6.45) is 5.45. The van der Waals surface area contributed by atoms with Crippen molar-refractivity contribution in [3.05, 3.63) is 22.4 Å². The molecule has 3 saturated heterocycles. The van der Waals surface area contributed by atoms with Gasteiger partial charge in [0.05, 0.1) is 19.3 Å². The van der Waals surface area contributed by atoms with Gasteiger partial charge in [-0.15, -0.1) is 11.3 Å². The number of ether oxygens (including phenoxy) is 2. The Balaban J connectivity index is 1.36. The van der Waals surface area contributed by atoms with Crippen molar-refractivity contribution in [3.8, 4) is 0 Å². The largest absolute Gasteiger partial charge is 0.377 e. The van der Waals surface area contributed by atoms with Crippen LogP contribution in [0.25, 0.3) is 0 Å². The van der Waals surface area contributed by atoms with Gasteiger partial charge in [0.25, 0.3) is 0 Å². The van der Waals surface area contributed by atoms with Crippen molar-refractivity contribution in [2.75, 3.05) is 45.9 Å². The molecule has 0 unspecified atom stereocenters. The Hall–Kier alpha value is -0.460. The summed E-state index contributed by atoms with van der Waals surface area (Å²) in [6.45, 7) is 8.29. The number of likely N-dealkylation sites (tertiary alicyclic amines) is 1. The Morgan fingerprint density at radius 1 is 1.22 bits per heavy atom. The highest BCUT2D eigenvalue weighted by molar-refractivity contribution is 7.09. The predicted octanol–water partition coefficient (Wildman–Crippen LogP) is 2.59. The van der Waals surface area contributed by atoms with Gasteiger partial charge in [0.1, 0.15) is 5.60 Å². The molecule has 3 fully saturated rings. The van der Waals surface area contributed by atoms with E-state index in [0.717, 1.165) is 45.8 Å². The predicted molar refractivity (Wildman–Crippen MR) is 92.9 cm³/mol. The maximum absolute atomic E-state index is 6.58. The molecule has 0 bridgehead atoms. The lowest BCUT2D eigenvalue weighted by Crippen LogP contribution is -2.45. The van der Waals surface area contributed by atoms with Crippen molar-refractivity contribution >= 4 is 11.3 Å². The molecule has 0 radical (unpaired) electrons. The van der Waals surface area contributed by atoms with Crippen LogP contribution in [0.2, 0.25) is 0 Å². The van der Waals surface area contributed by atoms with E-state index in [0.29, 0.717) is 6.10 Å². The normalized spacial score (nSPS) is 33.5. The van der Waals surface area contributed by atoms with Gasteiger partial charge < -0.3 is 14.4 Å². The summed E-state index contributed by atoms with van der Waals surface area (Å²) in [5.74, 6) is 0. The standard InChI is InChI=1S/C18H28N2O2S/c1-2-8-19(7-1)12-16-5-6-18(22-16)14-20(9-10-21-15-18)13-17-4-3-11-23-17/h3-4,11,16H,1-2,5-10,12-15H2/t16-,18+/m0/s1. The molecule has 1 aromatic rings. The summed E-state index contributed by atoms with van der Waals surface area (Å²) >= 11 is 1.85. The number of hydrogen-bond donors (Lipinski definition) is 0. The molecular weight excluding hydrogens is 308 g/mol. The van der Waals surface area contributed by atoms with Crippen LogP contribution in [-0.2, 0) is 16.0 Å². The minimum absolute atomic E-state index is 0.0713. The molecule has 5 heteroatoms. The molecule has 23 heavy (non-hydrogen) atoms. The molecule has 0 N–H and O–H groups in total. The summed E-state index contributed by atoms with van der Waals surface area (Å²) in [5, 5.41) is 2.16. The molecule has 4 heterocycles. The van der Waals surface area contributed by atoms with E-state index in [1.165, 1.54) is 37.2 Å². The highest BCUT2D eigenvalue weighted by atomic mass is 32.1. The second-order valence-corrected chi connectivity index (χ2v) is 8.34. The van der Waals surface area contributed by atoms with Gasteiger partial charge in [-0.2, -0.15) is 0 Å². The molecule has 0 aromatic carbocycles. The van der Waals surface area contributed by atoms with Crippen LogP contribution in [0.3, 0.4) is 0 Å². The highest BCUT2D eigenvalue weighted by Gasteiger charge is 2.43. The average Bonchev–Trinajstić information content (AvgIpc) is 3.25. The lowest BCUT2D eigenvalue weighted by atomic mass is 10.00. The van der Waals surface area contributed by atoms with Crippen LogP contribution in [-0.4, -0.2) is 67.4 Å². The Kier molecular flexibility index (Phi) is 5.02. The van der Waals surface area contributed by atoms with Crippen molar-refractivity contribution in [1.29, 1.82) is 0 Å². The topological polar surface area (TPSA) is 24.9 Å². The molecule has 3 aliphatic heterocycles. The van der Waals surface area contributed by atoms with Gasteiger partial charge in [0.2, 0.25) is 0 Å². The molecular formula is C18H28N2O2S. The van der Waals surface area contributed by atoms with E-state index < -0.39 is 0 Å². The smallest absolute Gasteiger partial charge is 0.105 e. The van der Waals surface area contributed by atoms with Crippen LogP contribution in [0.5, 0.6) is 0 Å². The van der Waals surface area contributed by atoms with E-state index >= 15 is 0 Å². The van der Waals surface area contributed by atoms with Crippen LogP contribution in [0.4, 0.5) is 0 Å². The zero-order valence-electron chi connectivity index (χ0n) is 13.9. The van der Waals surface area contributed by atoms with E-state index in [9.17, 15) is 0 Å². The van der Waals surface area contributed by atoms with Gasteiger partial charge >= 0.3 is 0 Å². The first kappa shape index (κ1) is 16.0. The molecule has 1 aromatic heterocycles. The fourth-order valence-corrected chi connectivity index (χ4v) is 4.99. The maximum atomic E-state index is 6.58. The van der Waals surface area contributed by atoms with Crippen LogP contribution < -0.4 is 0 Å². The second kappa shape index (κ2) is 7.19. The third-order valence-electron chi connectivity index (χ3n) is 5.39. The molecule has 4 rings (SSSR count). The fourth-order valence-electron chi connectivity index (χ4n) is 4.24. The van der Waals surface area contributed by atoms with Crippen LogP contribution >= 0.6 is 11.3 Å². The molecule has 0 amide bonds. The fraction of sp³-hybridized carbons (Fsp3) is 0.778. The Labute approximate surface area is 143 Å².